The van der Waals surface area contributed by atoms with E-state index < -0.39 is 12.1 Å². The van der Waals surface area contributed by atoms with Crippen LogP contribution in [-0.2, 0) is 20.7 Å². The Morgan fingerprint density at radius 1 is 1.20 bits per heavy atom. The van der Waals surface area contributed by atoms with Crippen molar-refractivity contribution in [2.75, 3.05) is 5.32 Å². The van der Waals surface area contributed by atoms with Crippen LogP contribution in [0.2, 0.25) is 5.02 Å². The molecule has 2 rings (SSSR count). The van der Waals surface area contributed by atoms with E-state index in [4.69, 9.17) is 16.3 Å². The van der Waals surface area contributed by atoms with E-state index in [0.29, 0.717) is 10.7 Å². The third-order valence-corrected chi connectivity index (χ3v) is 3.79. The average Bonchev–Trinajstić information content (AvgIpc) is 2.60. The number of benzene rings is 2. The fraction of sp³-hybridized carbons (Fsp3) is 0.200. The van der Waals surface area contributed by atoms with Crippen LogP contribution in [0, 0.1) is 0 Å². The van der Waals surface area contributed by atoms with Crippen LogP contribution in [0.25, 0.3) is 6.08 Å². The number of carbonyl (C=O) groups is 2. The van der Waals surface area contributed by atoms with Gasteiger partial charge < -0.3 is 10.1 Å². The molecule has 5 heteroatoms. The van der Waals surface area contributed by atoms with Gasteiger partial charge in [-0.05, 0) is 54.8 Å². The van der Waals surface area contributed by atoms with Gasteiger partial charge in [0.05, 0.1) is 0 Å². The predicted molar refractivity (Wildman–Crippen MR) is 100 cm³/mol. The topological polar surface area (TPSA) is 55.4 Å². The number of carbonyl (C=O) groups excluding carboxylic acids is 2. The van der Waals surface area contributed by atoms with E-state index in [9.17, 15) is 9.59 Å². The lowest BCUT2D eigenvalue weighted by Crippen LogP contribution is -2.29. The van der Waals surface area contributed by atoms with E-state index in [2.05, 4.69) is 12.2 Å². The van der Waals surface area contributed by atoms with Gasteiger partial charge in [0.15, 0.2) is 6.10 Å². The highest BCUT2D eigenvalue weighted by molar-refractivity contribution is 6.30. The number of hydrogen-bond donors (Lipinski definition) is 1. The van der Waals surface area contributed by atoms with Gasteiger partial charge in [0, 0.05) is 16.8 Å². The van der Waals surface area contributed by atoms with Crippen LogP contribution >= 0.6 is 11.6 Å². The zero-order valence-electron chi connectivity index (χ0n) is 14.2. The molecule has 2 aromatic carbocycles. The number of aryl methyl sites for hydroxylation is 1. The second kappa shape index (κ2) is 9.04. The molecule has 130 valence electrons. The summed E-state index contributed by atoms with van der Waals surface area (Å²) in [4.78, 5) is 23.9. The molecule has 0 saturated heterocycles. The molecule has 1 unspecified atom stereocenters. The van der Waals surface area contributed by atoms with Crippen molar-refractivity contribution in [2.45, 2.75) is 26.4 Å². The molecule has 0 heterocycles. The maximum atomic E-state index is 12.1. The average molecular weight is 358 g/mol. The van der Waals surface area contributed by atoms with Gasteiger partial charge in [-0.3, -0.25) is 4.79 Å². The number of nitrogens with one attached hydrogen (secondary N) is 1. The lowest BCUT2D eigenvalue weighted by Gasteiger charge is -2.12. The standard InChI is InChI=1S/C20H20ClNO3/c1-3-15-7-10-18(11-8-15)22-20(24)14(2)25-19(23)12-9-16-5-4-6-17(21)13-16/h4-14H,3H2,1-2H3,(H,22,24). The van der Waals surface area contributed by atoms with Gasteiger partial charge >= 0.3 is 5.97 Å². The predicted octanol–water partition coefficient (Wildman–Crippen LogP) is 4.49. The number of amides is 1. The third kappa shape index (κ3) is 6.08. The number of hydrogen-bond acceptors (Lipinski definition) is 3. The van der Waals surface area contributed by atoms with E-state index in [0.717, 1.165) is 12.0 Å². The number of halogens is 1. The summed E-state index contributed by atoms with van der Waals surface area (Å²) in [6.45, 7) is 3.59. The van der Waals surface area contributed by atoms with Crippen molar-refractivity contribution < 1.29 is 14.3 Å². The molecule has 0 fully saturated rings. The largest absolute Gasteiger partial charge is 0.449 e. The normalized spacial score (nSPS) is 12.0. The fourth-order valence-electron chi connectivity index (χ4n) is 2.11. The summed E-state index contributed by atoms with van der Waals surface area (Å²) in [5, 5.41) is 3.30. The van der Waals surface area contributed by atoms with Crippen molar-refractivity contribution >= 4 is 35.2 Å². The summed E-state index contributed by atoms with van der Waals surface area (Å²) >= 11 is 5.88. The second-order valence-electron chi connectivity index (χ2n) is 5.51. The van der Waals surface area contributed by atoms with Crippen LogP contribution in [0.3, 0.4) is 0 Å². The van der Waals surface area contributed by atoms with Crippen LogP contribution < -0.4 is 5.32 Å². The molecule has 0 radical (unpaired) electrons. The Kier molecular flexibility index (Phi) is 6.78. The molecule has 0 aliphatic heterocycles. The highest BCUT2D eigenvalue weighted by Crippen LogP contribution is 2.13. The van der Waals surface area contributed by atoms with Gasteiger partial charge in [-0.25, -0.2) is 4.79 Å². The molecule has 0 aromatic heterocycles. The van der Waals surface area contributed by atoms with Crippen LogP contribution in [0.4, 0.5) is 5.69 Å². The van der Waals surface area contributed by atoms with Crippen molar-refractivity contribution in [1.82, 2.24) is 0 Å². The minimum absolute atomic E-state index is 0.381. The lowest BCUT2D eigenvalue weighted by molar-refractivity contribution is -0.148. The van der Waals surface area contributed by atoms with E-state index in [-0.39, 0.29) is 5.91 Å². The molecule has 1 amide bonds. The molecule has 0 aliphatic carbocycles. The van der Waals surface area contributed by atoms with E-state index in [1.165, 1.54) is 18.6 Å². The maximum absolute atomic E-state index is 12.1. The van der Waals surface area contributed by atoms with Gasteiger partial charge in [-0.15, -0.1) is 0 Å². The van der Waals surface area contributed by atoms with Gasteiger partial charge in [0.2, 0.25) is 0 Å². The van der Waals surface area contributed by atoms with E-state index in [1.807, 2.05) is 30.3 Å². The first-order valence-electron chi connectivity index (χ1n) is 8.02. The highest BCUT2D eigenvalue weighted by Gasteiger charge is 2.16. The van der Waals surface area contributed by atoms with E-state index in [1.54, 1.807) is 24.3 Å². The molecule has 0 aliphatic rings. The number of anilines is 1. The van der Waals surface area contributed by atoms with Crippen LogP contribution in [0.15, 0.2) is 54.6 Å². The Morgan fingerprint density at radius 2 is 1.92 bits per heavy atom. The summed E-state index contributed by atoms with van der Waals surface area (Å²) in [7, 11) is 0. The molecular weight excluding hydrogens is 338 g/mol. The van der Waals surface area contributed by atoms with E-state index >= 15 is 0 Å². The van der Waals surface area contributed by atoms with Crippen LogP contribution in [-0.4, -0.2) is 18.0 Å². The van der Waals surface area contributed by atoms with Gasteiger partial charge in [0.25, 0.3) is 5.91 Å². The summed E-state index contributed by atoms with van der Waals surface area (Å²) in [6.07, 6.45) is 2.89. The first-order chi connectivity index (χ1) is 12.0. The summed E-state index contributed by atoms with van der Waals surface area (Å²) in [5.41, 5.74) is 2.63. The molecule has 25 heavy (non-hydrogen) atoms. The monoisotopic (exact) mass is 357 g/mol. The smallest absolute Gasteiger partial charge is 0.331 e. The summed E-state index contributed by atoms with van der Waals surface area (Å²) < 4.78 is 5.11. The van der Waals surface area contributed by atoms with Crippen LogP contribution in [0.5, 0.6) is 0 Å². The number of ether oxygens (including phenoxy) is 1. The fourth-order valence-corrected chi connectivity index (χ4v) is 2.31. The van der Waals surface area contributed by atoms with Crippen LogP contribution in [0.1, 0.15) is 25.0 Å². The lowest BCUT2D eigenvalue weighted by atomic mass is 10.1. The first kappa shape index (κ1) is 18.7. The number of esters is 1. The summed E-state index contributed by atoms with van der Waals surface area (Å²) in [5.74, 6) is -0.974. The Labute approximate surface area is 152 Å². The summed E-state index contributed by atoms with van der Waals surface area (Å²) in [6, 6.07) is 14.6. The Morgan fingerprint density at radius 3 is 2.56 bits per heavy atom. The Balaban J connectivity index is 1.87. The van der Waals surface area contributed by atoms with Crippen molar-refractivity contribution in [3.05, 3.63) is 70.8 Å². The number of rotatable bonds is 6. The minimum atomic E-state index is -0.901. The molecule has 1 N–H and O–H groups in total. The molecule has 0 spiro atoms. The Hall–Kier alpha value is -2.59. The van der Waals surface area contributed by atoms with Crippen molar-refractivity contribution in [3.8, 4) is 0 Å². The highest BCUT2D eigenvalue weighted by atomic mass is 35.5. The van der Waals surface area contributed by atoms with Gasteiger partial charge in [0.1, 0.15) is 0 Å². The molecular formula is C20H20ClNO3. The van der Waals surface area contributed by atoms with Crippen molar-refractivity contribution in [3.63, 3.8) is 0 Å². The molecule has 2 aromatic rings. The first-order valence-corrected chi connectivity index (χ1v) is 8.40. The van der Waals surface area contributed by atoms with Gasteiger partial charge in [-0.2, -0.15) is 0 Å². The van der Waals surface area contributed by atoms with Crippen molar-refractivity contribution in [1.29, 1.82) is 0 Å². The molecule has 1 atom stereocenters. The second-order valence-corrected chi connectivity index (χ2v) is 5.94. The quantitative estimate of drug-likeness (QED) is 0.612. The van der Waals surface area contributed by atoms with Crippen molar-refractivity contribution in [2.24, 2.45) is 0 Å². The zero-order valence-corrected chi connectivity index (χ0v) is 14.9. The van der Waals surface area contributed by atoms with Gasteiger partial charge in [-0.1, -0.05) is 42.8 Å². The molecule has 0 saturated carbocycles. The SMILES string of the molecule is CCc1ccc(NC(=O)C(C)OC(=O)C=Cc2cccc(Cl)c2)cc1. The molecule has 4 nitrogen and oxygen atoms in total. The Bertz CT molecular complexity index is 769. The maximum Gasteiger partial charge on any atom is 0.331 e. The zero-order chi connectivity index (χ0) is 18.2. The minimum Gasteiger partial charge on any atom is -0.449 e. The third-order valence-electron chi connectivity index (χ3n) is 3.55. The molecule has 0 bridgehead atoms.